The first-order valence-electron chi connectivity index (χ1n) is 2.89. The maximum absolute atomic E-state index is 3.97. The zero-order chi connectivity index (χ0) is 6.69. The first-order chi connectivity index (χ1) is 4.30. The molecule has 1 aromatic rings. The second-order valence-electron chi connectivity index (χ2n) is 2.11. The molecule has 0 aromatic carbocycles. The molecule has 9 heavy (non-hydrogen) atoms. The van der Waals surface area contributed by atoms with E-state index in [1.54, 1.807) is 6.20 Å². The van der Waals surface area contributed by atoms with Crippen molar-refractivity contribution in [3.63, 3.8) is 0 Å². The average molecular weight is 137 g/mol. The van der Waals surface area contributed by atoms with Crippen LogP contribution in [-0.4, -0.2) is 19.0 Å². The van der Waals surface area contributed by atoms with Gasteiger partial charge in [0, 0.05) is 11.5 Å². The van der Waals surface area contributed by atoms with Crippen LogP contribution in [0, 0.1) is 0 Å². The van der Waals surface area contributed by atoms with Crippen molar-refractivity contribution in [2.24, 2.45) is 0 Å². The third-order valence-electron chi connectivity index (χ3n) is 1.08. The lowest BCUT2D eigenvalue weighted by Crippen LogP contribution is -2.26. The number of hydrogen-bond donors (Lipinski definition) is 0. The van der Waals surface area contributed by atoms with E-state index in [4.69, 9.17) is 0 Å². The van der Waals surface area contributed by atoms with Crippen molar-refractivity contribution < 1.29 is 0 Å². The van der Waals surface area contributed by atoms with E-state index in [0.717, 1.165) is 5.32 Å². The molecule has 3 heteroatoms. The summed E-state index contributed by atoms with van der Waals surface area (Å²) in [7, 11) is -0.386. The third kappa shape index (κ3) is 1.60. The molecule has 0 atom stereocenters. The Labute approximate surface area is 56.5 Å². The van der Waals surface area contributed by atoms with Gasteiger partial charge in [-0.25, -0.2) is 0 Å². The minimum atomic E-state index is -0.386. The van der Waals surface area contributed by atoms with Gasteiger partial charge < -0.3 is 0 Å². The molecule has 1 heterocycles. The largest absolute Gasteiger partial charge is 0.161 e. The lowest BCUT2D eigenvalue weighted by Gasteiger charge is -1.96. The van der Waals surface area contributed by atoms with Gasteiger partial charge in [-0.3, -0.25) is 0 Å². The maximum Gasteiger partial charge on any atom is 0.107 e. The predicted octanol–water partition coefficient (Wildman–Crippen LogP) is 0.438. The van der Waals surface area contributed by atoms with Gasteiger partial charge in [-0.2, -0.15) is 10.2 Å². The Morgan fingerprint density at radius 1 is 1.44 bits per heavy atom. The van der Waals surface area contributed by atoms with Crippen LogP contribution in [-0.2, 0) is 0 Å². The summed E-state index contributed by atoms with van der Waals surface area (Å²) in [5, 5.41) is 8.91. The summed E-state index contributed by atoms with van der Waals surface area (Å²) in [4.78, 5) is 0. The smallest absolute Gasteiger partial charge is 0.107 e. The van der Waals surface area contributed by atoms with Crippen LogP contribution < -0.4 is 5.32 Å². The van der Waals surface area contributed by atoms with E-state index in [1.807, 2.05) is 12.1 Å². The van der Waals surface area contributed by atoms with Crippen LogP contribution in [0.25, 0.3) is 0 Å². The summed E-state index contributed by atoms with van der Waals surface area (Å²) in [5.74, 6) is 0. The Balaban J connectivity index is 2.85. The van der Waals surface area contributed by atoms with Crippen molar-refractivity contribution in [3.8, 4) is 0 Å². The van der Waals surface area contributed by atoms with Gasteiger partial charge in [0.2, 0.25) is 0 Å². The molecule has 2 nitrogen and oxygen atoms in total. The highest BCUT2D eigenvalue weighted by Crippen LogP contribution is 1.78. The number of hydrogen-bond acceptors (Lipinski definition) is 2. The molecular weight excluding hydrogens is 128 g/mol. The molecule has 0 aliphatic carbocycles. The SMILES string of the molecule is C[Si](C)c1cccnn1. The molecule has 47 valence electrons. The van der Waals surface area contributed by atoms with Gasteiger partial charge in [-0.1, -0.05) is 13.1 Å². The normalized spacial score (nSPS) is 10.1. The quantitative estimate of drug-likeness (QED) is 0.525. The van der Waals surface area contributed by atoms with E-state index in [1.165, 1.54) is 0 Å². The average Bonchev–Trinajstić information content (AvgIpc) is 1.90. The minimum Gasteiger partial charge on any atom is -0.161 e. The van der Waals surface area contributed by atoms with Gasteiger partial charge in [0.1, 0.15) is 8.80 Å². The summed E-state index contributed by atoms with van der Waals surface area (Å²) >= 11 is 0. The Morgan fingerprint density at radius 3 is 2.56 bits per heavy atom. The van der Waals surface area contributed by atoms with E-state index in [9.17, 15) is 0 Å². The second kappa shape index (κ2) is 2.73. The lowest BCUT2D eigenvalue weighted by molar-refractivity contribution is 1.06. The fourth-order valence-electron chi connectivity index (χ4n) is 0.568. The predicted molar refractivity (Wildman–Crippen MR) is 39.1 cm³/mol. The molecule has 1 rings (SSSR count). The van der Waals surface area contributed by atoms with Gasteiger partial charge in [-0.05, 0) is 12.1 Å². The molecule has 0 N–H and O–H groups in total. The van der Waals surface area contributed by atoms with E-state index in [-0.39, 0.29) is 8.80 Å². The summed E-state index contributed by atoms with van der Waals surface area (Å²) in [6.07, 6.45) is 1.70. The molecule has 0 unspecified atom stereocenters. The number of nitrogens with zero attached hydrogens (tertiary/aromatic N) is 2. The lowest BCUT2D eigenvalue weighted by atomic mass is 10.6. The van der Waals surface area contributed by atoms with Gasteiger partial charge in [0.05, 0.1) is 0 Å². The van der Waals surface area contributed by atoms with Crippen molar-refractivity contribution >= 4 is 14.1 Å². The van der Waals surface area contributed by atoms with Crippen molar-refractivity contribution in [2.75, 3.05) is 0 Å². The second-order valence-corrected chi connectivity index (χ2v) is 4.62. The third-order valence-corrected chi connectivity index (χ3v) is 2.38. The summed E-state index contributed by atoms with van der Waals surface area (Å²) in [6, 6.07) is 3.96. The molecule has 0 fully saturated rings. The molecule has 0 saturated carbocycles. The molecule has 0 bridgehead atoms. The molecule has 0 aliphatic heterocycles. The van der Waals surface area contributed by atoms with Crippen LogP contribution in [0.5, 0.6) is 0 Å². The molecular formula is C6H9N2Si. The Hall–Kier alpha value is -0.703. The standard InChI is InChI=1S/C6H9N2Si/c1-9(2)6-4-3-5-7-8-6/h3-5H,1-2H3. The topological polar surface area (TPSA) is 25.8 Å². The van der Waals surface area contributed by atoms with Crippen molar-refractivity contribution in [3.05, 3.63) is 18.3 Å². The van der Waals surface area contributed by atoms with E-state index >= 15 is 0 Å². The highest BCUT2D eigenvalue weighted by atomic mass is 28.3. The van der Waals surface area contributed by atoms with Gasteiger partial charge >= 0.3 is 0 Å². The van der Waals surface area contributed by atoms with Crippen LogP contribution >= 0.6 is 0 Å². The minimum absolute atomic E-state index is 0.386. The van der Waals surface area contributed by atoms with Crippen LogP contribution in [0.1, 0.15) is 0 Å². The summed E-state index contributed by atoms with van der Waals surface area (Å²) < 4.78 is 0. The fourth-order valence-corrected chi connectivity index (χ4v) is 1.26. The van der Waals surface area contributed by atoms with Gasteiger partial charge in [0.25, 0.3) is 0 Å². The van der Waals surface area contributed by atoms with Crippen LogP contribution in [0.15, 0.2) is 18.3 Å². The Kier molecular flexibility index (Phi) is 1.95. The van der Waals surface area contributed by atoms with Crippen molar-refractivity contribution in [2.45, 2.75) is 13.1 Å². The molecule has 1 radical (unpaired) electrons. The number of aromatic nitrogens is 2. The monoisotopic (exact) mass is 137 g/mol. The van der Waals surface area contributed by atoms with Gasteiger partial charge in [-0.15, -0.1) is 0 Å². The van der Waals surface area contributed by atoms with Crippen molar-refractivity contribution in [1.29, 1.82) is 0 Å². The first kappa shape index (κ1) is 6.42. The molecule has 0 aliphatic rings. The van der Waals surface area contributed by atoms with Crippen LogP contribution in [0.2, 0.25) is 13.1 Å². The van der Waals surface area contributed by atoms with E-state index in [2.05, 4.69) is 23.3 Å². The summed E-state index contributed by atoms with van der Waals surface area (Å²) in [5.41, 5.74) is 0. The first-order valence-corrected chi connectivity index (χ1v) is 5.39. The highest BCUT2D eigenvalue weighted by Gasteiger charge is 1.99. The Morgan fingerprint density at radius 2 is 2.22 bits per heavy atom. The fraction of sp³-hybridized carbons (Fsp3) is 0.333. The maximum atomic E-state index is 3.97. The zero-order valence-corrected chi connectivity index (χ0v) is 6.63. The molecule has 1 aromatic heterocycles. The zero-order valence-electron chi connectivity index (χ0n) is 5.63. The summed E-state index contributed by atoms with van der Waals surface area (Å²) in [6.45, 7) is 4.41. The van der Waals surface area contributed by atoms with Gasteiger partial charge in [0.15, 0.2) is 0 Å². The Bertz CT molecular complexity index is 174. The van der Waals surface area contributed by atoms with E-state index in [0.29, 0.717) is 0 Å². The highest BCUT2D eigenvalue weighted by molar-refractivity contribution is 6.69. The van der Waals surface area contributed by atoms with E-state index < -0.39 is 0 Å². The van der Waals surface area contributed by atoms with Crippen molar-refractivity contribution in [1.82, 2.24) is 10.2 Å². The molecule has 0 saturated heterocycles. The van der Waals surface area contributed by atoms with Crippen LogP contribution in [0.4, 0.5) is 0 Å². The molecule has 0 spiro atoms. The van der Waals surface area contributed by atoms with Crippen LogP contribution in [0.3, 0.4) is 0 Å². The number of rotatable bonds is 1. The molecule has 0 amide bonds.